The number of amides is 1. The zero-order valence-corrected chi connectivity index (χ0v) is 16.0. The van der Waals surface area contributed by atoms with Gasteiger partial charge in [-0.05, 0) is 54.1 Å². The second kappa shape index (κ2) is 8.50. The first-order valence-electron chi connectivity index (χ1n) is 9.25. The lowest BCUT2D eigenvalue weighted by atomic mass is 10.0. The number of carbonyl (C=O) groups is 1. The predicted octanol–water partition coefficient (Wildman–Crippen LogP) is 4.71. The van der Waals surface area contributed by atoms with Crippen molar-refractivity contribution in [2.24, 2.45) is 5.10 Å². The lowest BCUT2D eigenvalue weighted by Gasteiger charge is -2.09. The van der Waals surface area contributed by atoms with E-state index in [2.05, 4.69) is 15.5 Å². The molecule has 0 saturated heterocycles. The van der Waals surface area contributed by atoms with E-state index in [0.717, 1.165) is 0 Å². The van der Waals surface area contributed by atoms with Gasteiger partial charge in [-0.3, -0.25) is 14.9 Å². The third kappa shape index (κ3) is 4.43. The number of pyridine rings is 1. The van der Waals surface area contributed by atoms with E-state index in [0.29, 0.717) is 33.3 Å². The van der Waals surface area contributed by atoms with Gasteiger partial charge in [0.2, 0.25) is 0 Å². The summed E-state index contributed by atoms with van der Waals surface area (Å²) in [6.07, 6.45) is 1.39. The normalized spacial score (nSPS) is 11.0. The van der Waals surface area contributed by atoms with Crippen molar-refractivity contribution >= 4 is 28.7 Å². The molecule has 0 aliphatic heterocycles. The van der Waals surface area contributed by atoms with Crippen molar-refractivity contribution in [3.63, 3.8) is 0 Å². The zero-order valence-electron chi connectivity index (χ0n) is 16.0. The number of hydrogen-bond donors (Lipinski definition) is 1. The lowest BCUT2D eigenvalue weighted by molar-refractivity contribution is -0.384. The van der Waals surface area contributed by atoms with Crippen LogP contribution in [0.4, 0.5) is 10.1 Å². The number of non-ortho nitro benzene ring substituents is 1. The average molecular weight is 414 g/mol. The van der Waals surface area contributed by atoms with E-state index in [9.17, 15) is 19.3 Å². The topological polar surface area (TPSA) is 97.5 Å². The van der Waals surface area contributed by atoms with Crippen LogP contribution in [0.3, 0.4) is 0 Å². The number of para-hydroxylation sites is 1. The fourth-order valence-electron chi connectivity index (χ4n) is 3.04. The molecule has 1 heterocycles. The molecule has 0 saturated carbocycles. The van der Waals surface area contributed by atoms with Gasteiger partial charge in [0, 0.05) is 23.1 Å². The van der Waals surface area contributed by atoms with E-state index >= 15 is 0 Å². The van der Waals surface area contributed by atoms with E-state index in [1.165, 1.54) is 42.6 Å². The van der Waals surface area contributed by atoms with Crippen LogP contribution in [0.5, 0.6) is 0 Å². The second-order valence-corrected chi connectivity index (χ2v) is 6.63. The Labute approximate surface area is 176 Å². The summed E-state index contributed by atoms with van der Waals surface area (Å²) in [5.41, 5.74) is 5.23. The summed E-state index contributed by atoms with van der Waals surface area (Å²) >= 11 is 0. The van der Waals surface area contributed by atoms with E-state index in [-0.39, 0.29) is 11.5 Å². The predicted molar refractivity (Wildman–Crippen MR) is 115 cm³/mol. The molecule has 4 rings (SSSR count). The molecule has 31 heavy (non-hydrogen) atoms. The molecule has 0 spiro atoms. The Morgan fingerprint density at radius 3 is 2.45 bits per heavy atom. The first kappa shape index (κ1) is 19.8. The summed E-state index contributed by atoms with van der Waals surface area (Å²) in [5, 5.41) is 15.3. The first-order chi connectivity index (χ1) is 15.0. The van der Waals surface area contributed by atoms with Crippen molar-refractivity contribution in [1.82, 2.24) is 10.4 Å². The Bertz CT molecular complexity index is 1300. The van der Waals surface area contributed by atoms with Gasteiger partial charge < -0.3 is 0 Å². The number of halogens is 1. The molecule has 152 valence electrons. The van der Waals surface area contributed by atoms with Gasteiger partial charge in [-0.1, -0.05) is 18.2 Å². The van der Waals surface area contributed by atoms with Gasteiger partial charge in [-0.15, -0.1) is 0 Å². The van der Waals surface area contributed by atoms with Gasteiger partial charge in [0.25, 0.3) is 11.6 Å². The highest BCUT2D eigenvalue weighted by Crippen LogP contribution is 2.25. The number of fused-ring (bicyclic) bond motifs is 1. The summed E-state index contributed by atoms with van der Waals surface area (Å²) in [5.74, 6) is -0.803. The largest absolute Gasteiger partial charge is 0.272 e. The van der Waals surface area contributed by atoms with Crippen LogP contribution in [0.1, 0.15) is 15.9 Å². The highest BCUT2D eigenvalue weighted by Gasteiger charge is 2.13. The standard InChI is InChI=1S/C23H15FN4O3/c24-17-9-7-16(8-10-17)22-13-20(19-3-1-2-4-21(19)26-22)23(29)27-25-14-15-5-11-18(12-6-15)28(30)31/h1-14H,(H,27,29)/b25-14-. The zero-order chi connectivity index (χ0) is 21.8. The number of aromatic nitrogens is 1. The Balaban J connectivity index is 1.62. The van der Waals surface area contributed by atoms with E-state index in [1.807, 2.05) is 6.07 Å². The van der Waals surface area contributed by atoms with Crippen LogP contribution < -0.4 is 5.43 Å². The van der Waals surface area contributed by atoms with Crippen LogP contribution in [0.2, 0.25) is 0 Å². The quantitative estimate of drug-likeness (QED) is 0.290. The number of nitro groups is 1. The Kier molecular flexibility index (Phi) is 5.44. The molecule has 1 amide bonds. The Hall–Kier alpha value is -4.46. The molecular weight excluding hydrogens is 399 g/mol. The van der Waals surface area contributed by atoms with Gasteiger partial charge in [-0.2, -0.15) is 5.10 Å². The van der Waals surface area contributed by atoms with Gasteiger partial charge in [0.05, 0.1) is 27.9 Å². The molecule has 0 unspecified atom stereocenters. The fourth-order valence-corrected chi connectivity index (χ4v) is 3.04. The summed E-state index contributed by atoms with van der Waals surface area (Å²) in [6.45, 7) is 0. The maximum atomic E-state index is 13.3. The number of benzene rings is 3. The Morgan fingerprint density at radius 2 is 1.74 bits per heavy atom. The third-order valence-electron chi connectivity index (χ3n) is 4.58. The minimum absolute atomic E-state index is 0.0298. The second-order valence-electron chi connectivity index (χ2n) is 6.63. The van der Waals surface area contributed by atoms with Crippen LogP contribution in [-0.4, -0.2) is 22.0 Å². The van der Waals surface area contributed by atoms with E-state index < -0.39 is 10.8 Å². The summed E-state index contributed by atoms with van der Waals surface area (Å²) in [4.78, 5) is 27.6. The molecule has 1 aromatic heterocycles. The third-order valence-corrected chi connectivity index (χ3v) is 4.58. The monoisotopic (exact) mass is 414 g/mol. The Morgan fingerprint density at radius 1 is 1.03 bits per heavy atom. The number of nitrogens with zero attached hydrogens (tertiary/aromatic N) is 3. The van der Waals surface area contributed by atoms with Gasteiger partial charge in [-0.25, -0.2) is 14.8 Å². The lowest BCUT2D eigenvalue weighted by Crippen LogP contribution is -2.18. The van der Waals surface area contributed by atoms with Crippen LogP contribution in [0, 0.1) is 15.9 Å². The van der Waals surface area contributed by atoms with Crippen molar-refractivity contribution in [3.8, 4) is 11.3 Å². The van der Waals surface area contributed by atoms with Crippen molar-refractivity contribution in [2.45, 2.75) is 0 Å². The SMILES string of the molecule is O=C(N/N=C\c1ccc([N+](=O)[O-])cc1)c1cc(-c2ccc(F)cc2)nc2ccccc12. The number of carbonyl (C=O) groups excluding carboxylic acids is 1. The number of hydrazone groups is 1. The van der Waals surface area contributed by atoms with Crippen LogP contribution in [0.25, 0.3) is 22.2 Å². The maximum absolute atomic E-state index is 13.3. The molecule has 0 atom stereocenters. The minimum Gasteiger partial charge on any atom is -0.267 e. The summed E-state index contributed by atoms with van der Waals surface area (Å²) in [6, 6.07) is 20.5. The van der Waals surface area contributed by atoms with Gasteiger partial charge >= 0.3 is 0 Å². The van der Waals surface area contributed by atoms with Crippen molar-refractivity contribution < 1.29 is 14.1 Å². The summed E-state index contributed by atoms with van der Waals surface area (Å²) < 4.78 is 13.3. The van der Waals surface area contributed by atoms with Crippen molar-refractivity contribution in [1.29, 1.82) is 0 Å². The average Bonchev–Trinajstić information content (AvgIpc) is 2.79. The van der Waals surface area contributed by atoms with Gasteiger partial charge in [0.15, 0.2) is 0 Å². The molecule has 0 bridgehead atoms. The van der Waals surface area contributed by atoms with E-state index in [4.69, 9.17) is 0 Å². The van der Waals surface area contributed by atoms with Crippen molar-refractivity contribution in [2.75, 3.05) is 0 Å². The molecule has 8 heteroatoms. The molecule has 0 aliphatic rings. The fraction of sp³-hybridized carbons (Fsp3) is 0. The maximum Gasteiger partial charge on any atom is 0.272 e. The molecule has 7 nitrogen and oxygen atoms in total. The van der Waals surface area contributed by atoms with E-state index in [1.54, 1.807) is 36.4 Å². The van der Waals surface area contributed by atoms with Crippen LogP contribution >= 0.6 is 0 Å². The molecule has 0 aliphatic carbocycles. The highest BCUT2D eigenvalue weighted by atomic mass is 19.1. The molecule has 0 radical (unpaired) electrons. The molecule has 1 N–H and O–H groups in total. The number of rotatable bonds is 5. The number of hydrogen-bond acceptors (Lipinski definition) is 5. The molecular formula is C23H15FN4O3. The number of nitro benzene ring substituents is 1. The highest BCUT2D eigenvalue weighted by molar-refractivity contribution is 6.07. The van der Waals surface area contributed by atoms with Crippen LogP contribution in [0.15, 0.2) is 84.0 Å². The number of nitrogens with one attached hydrogen (secondary N) is 1. The molecule has 0 fully saturated rings. The summed E-state index contributed by atoms with van der Waals surface area (Å²) in [7, 11) is 0. The molecule has 4 aromatic rings. The first-order valence-corrected chi connectivity index (χ1v) is 9.25. The van der Waals surface area contributed by atoms with Gasteiger partial charge in [0.1, 0.15) is 5.82 Å². The molecule has 3 aromatic carbocycles. The van der Waals surface area contributed by atoms with Crippen LogP contribution in [-0.2, 0) is 0 Å². The smallest absolute Gasteiger partial charge is 0.267 e. The van der Waals surface area contributed by atoms with Crippen molar-refractivity contribution in [3.05, 3.63) is 106 Å². The minimum atomic E-state index is -0.490.